The van der Waals surface area contributed by atoms with E-state index in [1.54, 1.807) is 18.5 Å². The zero-order valence-electron chi connectivity index (χ0n) is 11.5. The maximum absolute atomic E-state index is 12.3. The monoisotopic (exact) mass is 277 g/mol. The summed E-state index contributed by atoms with van der Waals surface area (Å²) < 4.78 is 0. The van der Waals surface area contributed by atoms with Gasteiger partial charge in [0.2, 0.25) is 0 Å². The Labute approximate surface area is 117 Å². The summed E-state index contributed by atoms with van der Waals surface area (Å²) in [5.74, 6) is -0.940. The van der Waals surface area contributed by atoms with Gasteiger partial charge in [-0.1, -0.05) is 12.8 Å². The number of aromatic nitrogens is 1. The first-order valence-corrected chi connectivity index (χ1v) is 6.80. The number of anilines is 1. The number of pyridine rings is 1. The van der Waals surface area contributed by atoms with Gasteiger partial charge in [0.15, 0.2) is 0 Å². The molecule has 0 saturated carbocycles. The number of aliphatic carboxylic acids is 1. The topological polar surface area (TPSA) is 82.5 Å². The van der Waals surface area contributed by atoms with Crippen molar-refractivity contribution >= 4 is 17.7 Å². The fraction of sp³-hybridized carbons (Fsp3) is 0.500. The largest absolute Gasteiger partial charge is 0.480 e. The molecule has 1 aromatic rings. The van der Waals surface area contributed by atoms with Crippen molar-refractivity contribution in [2.45, 2.75) is 38.6 Å². The summed E-state index contributed by atoms with van der Waals surface area (Å²) >= 11 is 0. The minimum atomic E-state index is -0.940. The lowest BCUT2D eigenvalue weighted by Gasteiger charge is -2.27. The zero-order valence-corrected chi connectivity index (χ0v) is 11.5. The van der Waals surface area contributed by atoms with E-state index in [-0.39, 0.29) is 6.03 Å². The molecule has 108 valence electrons. The average Bonchev–Trinajstić information content (AvgIpc) is 2.64. The number of nitrogens with zero attached hydrogens (tertiary/aromatic N) is 2. The van der Waals surface area contributed by atoms with Crippen LogP contribution in [0.2, 0.25) is 0 Å². The minimum Gasteiger partial charge on any atom is -0.480 e. The van der Waals surface area contributed by atoms with E-state index in [2.05, 4.69) is 10.3 Å². The highest BCUT2D eigenvalue weighted by Gasteiger charge is 2.30. The van der Waals surface area contributed by atoms with E-state index in [1.807, 2.05) is 6.92 Å². The van der Waals surface area contributed by atoms with E-state index >= 15 is 0 Å². The summed E-state index contributed by atoms with van der Waals surface area (Å²) in [5.41, 5.74) is 1.52. The Kier molecular flexibility index (Phi) is 4.55. The van der Waals surface area contributed by atoms with Crippen LogP contribution < -0.4 is 5.32 Å². The van der Waals surface area contributed by atoms with E-state index < -0.39 is 12.0 Å². The summed E-state index contributed by atoms with van der Waals surface area (Å²) in [6, 6.07) is 0.695. The first-order valence-electron chi connectivity index (χ1n) is 6.80. The molecule has 0 aliphatic carbocycles. The van der Waals surface area contributed by atoms with Gasteiger partial charge >= 0.3 is 12.0 Å². The van der Waals surface area contributed by atoms with Gasteiger partial charge in [0.05, 0.1) is 11.9 Å². The molecule has 1 atom stereocenters. The van der Waals surface area contributed by atoms with Gasteiger partial charge in [-0.15, -0.1) is 0 Å². The maximum atomic E-state index is 12.3. The lowest BCUT2D eigenvalue weighted by molar-refractivity contribution is -0.142. The van der Waals surface area contributed by atoms with Crippen molar-refractivity contribution in [2.75, 3.05) is 11.9 Å². The Morgan fingerprint density at radius 3 is 2.85 bits per heavy atom. The second-order valence-corrected chi connectivity index (χ2v) is 5.08. The smallest absolute Gasteiger partial charge is 0.326 e. The lowest BCUT2D eigenvalue weighted by atomic mass is 10.1. The van der Waals surface area contributed by atoms with Crippen molar-refractivity contribution < 1.29 is 14.7 Å². The van der Waals surface area contributed by atoms with E-state index in [0.29, 0.717) is 18.7 Å². The van der Waals surface area contributed by atoms with Crippen LogP contribution in [0.3, 0.4) is 0 Å². The minimum absolute atomic E-state index is 0.369. The lowest BCUT2D eigenvalue weighted by Crippen LogP contribution is -2.46. The second-order valence-electron chi connectivity index (χ2n) is 5.08. The molecule has 2 N–H and O–H groups in total. The van der Waals surface area contributed by atoms with Crippen LogP contribution in [0.1, 0.15) is 31.2 Å². The molecule has 6 heteroatoms. The van der Waals surface area contributed by atoms with Gasteiger partial charge in [0.25, 0.3) is 0 Å². The number of amides is 2. The van der Waals surface area contributed by atoms with E-state index in [1.165, 1.54) is 4.90 Å². The number of rotatable bonds is 2. The summed E-state index contributed by atoms with van der Waals surface area (Å²) in [7, 11) is 0. The number of hydrogen-bond acceptors (Lipinski definition) is 3. The standard InChI is InChI=1S/C14H19N3O3/c1-10-7-11(9-15-8-10)16-14(20)17-6-4-2-3-5-12(17)13(18)19/h7-9,12H,2-6H2,1H3,(H,16,20)(H,18,19). The van der Waals surface area contributed by atoms with E-state index in [9.17, 15) is 14.7 Å². The van der Waals surface area contributed by atoms with E-state index in [4.69, 9.17) is 0 Å². The first-order chi connectivity index (χ1) is 9.58. The number of hydrogen-bond donors (Lipinski definition) is 2. The van der Waals surface area contributed by atoms with Gasteiger partial charge in [-0.2, -0.15) is 0 Å². The third kappa shape index (κ3) is 3.46. The second kappa shape index (κ2) is 6.36. The molecular formula is C14H19N3O3. The van der Waals surface area contributed by atoms with Gasteiger partial charge in [0, 0.05) is 12.7 Å². The molecular weight excluding hydrogens is 258 g/mol. The number of nitrogens with one attached hydrogen (secondary N) is 1. The zero-order chi connectivity index (χ0) is 14.5. The summed E-state index contributed by atoms with van der Waals surface area (Å²) in [6.07, 6.45) is 6.39. The molecule has 2 heterocycles. The number of likely N-dealkylation sites (tertiary alicyclic amines) is 1. The Morgan fingerprint density at radius 1 is 1.35 bits per heavy atom. The van der Waals surface area contributed by atoms with Crippen molar-refractivity contribution in [1.82, 2.24) is 9.88 Å². The summed E-state index contributed by atoms with van der Waals surface area (Å²) in [6.45, 7) is 2.36. The van der Waals surface area contributed by atoms with Crippen molar-refractivity contribution in [1.29, 1.82) is 0 Å². The van der Waals surface area contributed by atoms with Gasteiger partial charge in [-0.25, -0.2) is 9.59 Å². The van der Waals surface area contributed by atoms with E-state index in [0.717, 1.165) is 24.8 Å². The van der Waals surface area contributed by atoms with Crippen LogP contribution in [0, 0.1) is 6.92 Å². The molecule has 1 fully saturated rings. The van der Waals surface area contributed by atoms with Gasteiger partial charge in [-0.3, -0.25) is 4.98 Å². The predicted molar refractivity (Wildman–Crippen MR) is 74.6 cm³/mol. The highest BCUT2D eigenvalue weighted by atomic mass is 16.4. The number of carboxylic acids is 1. The van der Waals surface area contributed by atoms with Crippen LogP contribution >= 0.6 is 0 Å². The van der Waals surface area contributed by atoms with Crippen molar-refractivity contribution in [3.05, 3.63) is 24.0 Å². The average molecular weight is 277 g/mol. The van der Waals surface area contributed by atoms with Crippen LogP contribution in [-0.2, 0) is 4.79 Å². The Balaban J connectivity index is 2.10. The molecule has 1 aliphatic heterocycles. The molecule has 0 spiro atoms. The third-order valence-electron chi connectivity index (χ3n) is 3.42. The number of urea groups is 1. The van der Waals surface area contributed by atoms with Crippen LogP contribution in [0.5, 0.6) is 0 Å². The van der Waals surface area contributed by atoms with Gasteiger partial charge < -0.3 is 15.3 Å². The fourth-order valence-electron chi connectivity index (χ4n) is 2.43. The number of aryl methyl sites for hydroxylation is 1. The van der Waals surface area contributed by atoms with Crippen molar-refractivity contribution in [2.24, 2.45) is 0 Å². The van der Waals surface area contributed by atoms with Crippen molar-refractivity contribution in [3.63, 3.8) is 0 Å². The molecule has 0 bridgehead atoms. The Bertz CT molecular complexity index is 504. The molecule has 1 saturated heterocycles. The first kappa shape index (κ1) is 14.3. The molecule has 20 heavy (non-hydrogen) atoms. The molecule has 2 amide bonds. The maximum Gasteiger partial charge on any atom is 0.326 e. The molecule has 1 aromatic heterocycles. The highest BCUT2D eigenvalue weighted by Crippen LogP contribution is 2.18. The van der Waals surface area contributed by atoms with Crippen LogP contribution in [0.4, 0.5) is 10.5 Å². The Hall–Kier alpha value is -2.11. The van der Waals surface area contributed by atoms with Crippen LogP contribution in [0.25, 0.3) is 0 Å². The molecule has 1 unspecified atom stereocenters. The van der Waals surface area contributed by atoms with Crippen molar-refractivity contribution in [3.8, 4) is 0 Å². The van der Waals surface area contributed by atoms with Crippen LogP contribution in [0.15, 0.2) is 18.5 Å². The van der Waals surface area contributed by atoms with Gasteiger partial charge in [0.1, 0.15) is 6.04 Å². The molecule has 0 aromatic carbocycles. The molecule has 2 rings (SSSR count). The van der Waals surface area contributed by atoms with Gasteiger partial charge in [-0.05, 0) is 31.4 Å². The fourth-order valence-corrected chi connectivity index (χ4v) is 2.43. The van der Waals surface area contributed by atoms with Crippen LogP contribution in [-0.4, -0.2) is 39.6 Å². The number of carbonyl (C=O) groups is 2. The summed E-state index contributed by atoms with van der Waals surface area (Å²) in [5, 5.41) is 12.0. The number of carbonyl (C=O) groups excluding carboxylic acids is 1. The Morgan fingerprint density at radius 2 is 2.15 bits per heavy atom. The predicted octanol–water partition coefficient (Wildman–Crippen LogP) is 2.25. The normalized spacial score (nSPS) is 19.2. The third-order valence-corrected chi connectivity index (χ3v) is 3.42. The highest BCUT2D eigenvalue weighted by molar-refractivity contribution is 5.92. The quantitative estimate of drug-likeness (QED) is 0.868. The molecule has 1 aliphatic rings. The SMILES string of the molecule is Cc1cncc(NC(=O)N2CCCCCC2C(=O)O)c1. The molecule has 6 nitrogen and oxygen atoms in total. The number of carboxylic acid groups (broad SMARTS) is 1. The molecule has 0 radical (unpaired) electrons. The summed E-state index contributed by atoms with van der Waals surface area (Å²) in [4.78, 5) is 29.0.